The molecule has 1 aromatic rings. The third-order valence-electron chi connectivity index (χ3n) is 3.23. The zero-order chi connectivity index (χ0) is 16.9. The number of hydrogen-bond acceptors (Lipinski definition) is 4. The van der Waals surface area contributed by atoms with Gasteiger partial charge in [0.1, 0.15) is 0 Å². The minimum absolute atomic E-state index is 0.196. The van der Waals surface area contributed by atoms with Gasteiger partial charge in [0.2, 0.25) is 15.9 Å². The third kappa shape index (κ3) is 5.08. The molecule has 1 aromatic carbocycles. The molecule has 3 N–H and O–H groups in total. The first-order valence-corrected chi connectivity index (χ1v) is 8.63. The van der Waals surface area contributed by atoms with E-state index in [9.17, 15) is 13.2 Å². The highest BCUT2D eigenvalue weighted by Crippen LogP contribution is 2.14. The van der Waals surface area contributed by atoms with Gasteiger partial charge in [-0.15, -0.1) is 0 Å². The van der Waals surface area contributed by atoms with Crippen LogP contribution in [0.5, 0.6) is 0 Å². The van der Waals surface area contributed by atoms with Gasteiger partial charge < -0.3 is 11.1 Å². The second-order valence-electron chi connectivity index (χ2n) is 5.89. The molecule has 0 unspecified atom stereocenters. The molecule has 1 atom stereocenters. The van der Waals surface area contributed by atoms with Crippen LogP contribution in [-0.4, -0.2) is 38.8 Å². The molecule has 0 bridgehead atoms. The first-order chi connectivity index (χ1) is 10.1. The first kappa shape index (κ1) is 18.6. The van der Waals surface area contributed by atoms with Gasteiger partial charge in [-0.1, -0.05) is 26.0 Å². The second-order valence-corrected chi connectivity index (χ2v) is 8.04. The molecular formula is C15H25N3O3S. The van der Waals surface area contributed by atoms with Crippen LogP contribution in [0, 0.1) is 5.92 Å². The highest BCUT2D eigenvalue weighted by atomic mass is 32.2. The van der Waals surface area contributed by atoms with E-state index in [1.54, 1.807) is 12.1 Å². The maximum Gasteiger partial charge on any atom is 0.242 e. The van der Waals surface area contributed by atoms with E-state index < -0.39 is 16.1 Å². The van der Waals surface area contributed by atoms with Gasteiger partial charge >= 0.3 is 0 Å². The van der Waals surface area contributed by atoms with Crippen molar-refractivity contribution >= 4 is 15.9 Å². The molecule has 1 rings (SSSR count). The van der Waals surface area contributed by atoms with E-state index in [0.717, 1.165) is 9.87 Å². The predicted molar refractivity (Wildman–Crippen MR) is 86.6 cm³/mol. The van der Waals surface area contributed by atoms with E-state index in [1.165, 1.54) is 26.2 Å². The van der Waals surface area contributed by atoms with Crippen molar-refractivity contribution in [1.82, 2.24) is 9.62 Å². The summed E-state index contributed by atoms with van der Waals surface area (Å²) in [6, 6.07) is 5.92. The second kappa shape index (κ2) is 7.71. The van der Waals surface area contributed by atoms with Crippen molar-refractivity contribution in [1.29, 1.82) is 0 Å². The number of benzene rings is 1. The number of hydrogen-bond donors (Lipinski definition) is 2. The van der Waals surface area contributed by atoms with Gasteiger partial charge in [-0.3, -0.25) is 4.79 Å². The number of sulfonamides is 1. The Morgan fingerprint density at radius 1 is 1.23 bits per heavy atom. The van der Waals surface area contributed by atoms with Gasteiger partial charge in [-0.25, -0.2) is 12.7 Å². The number of nitrogens with zero attached hydrogens (tertiary/aromatic N) is 1. The average Bonchev–Trinajstić information content (AvgIpc) is 2.44. The molecule has 0 fully saturated rings. The summed E-state index contributed by atoms with van der Waals surface area (Å²) in [5, 5.41) is 2.76. The molecule has 0 saturated heterocycles. The predicted octanol–water partition coefficient (Wildman–Crippen LogP) is 0.927. The fourth-order valence-corrected chi connectivity index (χ4v) is 2.83. The van der Waals surface area contributed by atoms with E-state index in [4.69, 9.17) is 5.73 Å². The minimum Gasteiger partial charge on any atom is -0.351 e. The molecule has 1 amide bonds. The van der Waals surface area contributed by atoms with Crippen molar-refractivity contribution in [3.8, 4) is 0 Å². The topological polar surface area (TPSA) is 92.5 Å². The number of nitrogens with one attached hydrogen (secondary N) is 1. The molecule has 0 aromatic heterocycles. The minimum atomic E-state index is -3.43. The first-order valence-electron chi connectivity index (χ1n) is 7.19. The van der Waals surface area contributed by atoms with Crippen LogP contribution in [0.15, 0.2) is 29.2 Å². The summed E-state index contributed by atoms with van der Waals surface area (Å²) < 4.78 is 25.0. The van der Waals surface area contributed by atoms with Crippen LogP contribution in [0.1, 0.15) is 25.8 Å². The lowest BCUT2D eigenvalue weighted by atomic mass is 10.0. The Morgan fingerprint density at radius 3 is 2.23 bits per heavy atom. The quantitative estimate of drug-likeness (QED) is 0.779. The molecule has 0 aliphatic rings. The van der Waals surface area contributed by atoms with E-state index >= 15 is 0 Å². The van der Waals surface area contributed by atoms with Crippen molar-refractivity contribution in [3.05, 3.63) is 29.8 Å². The maximum absolute atomic E-state index is 11.9. The van der Waals surface area contributed by atoms with Crippen molar-refractivity contribution in [2.75, 3.05) is 14.1 Å². The van der Waals surface area contributed by atoms with Crippen molar-refractivity contribution < 1.29 is 13.2 Å². The largest absolute Gasteiger partial charge is 0.351 e. The Kier molecular flexibility index (Phi) is 6.52. The lowest BCUT2D eigenvalue weighted by Gasteiger charge is -2.14. The summed E-state index contributed by atoms with van der Waals surface area (Å²) in [6.07, 6.45) is 0.631. The highest BCUT2D eigenvalue weighted by molar-refractivity contribution is 7.89. The molecular weight excluding hydrogens is 302 g/mol. The summed E-state index contributed by atoms with van der Waals surface area (Å²) in [5.41, 5.74) is 6.62. The summed E-state index contributed by atoms with van der Waals surface area (Å²) in [4.78, 5) is 12.1. The van der Waals surface area contributed by atoms with Crippen molar-refractivity contribution in [2.24, 2.45) is 11.7 Å². The SMILES string of the molecule is CC(C)C[C@H](N)C(=O)NCc1ccc(S(=O)(=O)N(C)C)cc1. The van der Waals surface area contributed by atoms with Gasteiger partial charge in [0.25, 0.3) is 0 Å². The molecule has 22 heavy (non-hydrogen) atoms. The van der Waals surface area contributed by atoms with Crippen LogP contribution in [0.4, 0.5) is 0 Å². The molecule has 6 nitrogen and oxygen atoms in total. The molecule has 0 aliphatic carbocycles. The number of rotatable bonds is 7. The Morgan fingerprint density at radius 2 is 1.77 bits per heavy atom. The van der Waals surface area contributed by atoms with Crippen LogP contribution >= 0.6 is 0 Å². The Balaban J connectivity index is 2.64. The third-order valence-corrected chi connectivity index (χ3v) is 5.06. The fraction of sp³-hybridized carbons (Fsp3) is 0.533. The zero-order valence-electron chi connectivity index (χ0n) is 13.5. The number of carbonyl (C=O) groups is 1. The molecule has 124 valence electrons. The van der Waals surface area contributed by atoms with Crippen molar-refractivity contribution in [3.63, 3.8) is 0 Å². The molecule has 0 radical (unpaired) electrons. The van der Waals surface area contributed by atoms with Gasteiger partial charge in [0.05, 0.1) is 10.9 Å². The zero-order valence-corrected chi connectivity index (χ0v) is 14.4. The molecule has 0 saturated carbocycles. The van der Waals surface area contributed by atoms with Crippen LogP contribution in [0.25, 0.3) is 0 Å². The van der Waals surface area contributed by atoms with Gasteiger partial charge in [0, 0.05) is 20.6 Å². The lowest BCUT2D eigenvalue weighted by Crippen LogP contribution is -2.41. The average molecular weight is 327 g/mol. The smallest absolute Gasteiger partial charge is 0.242 e. The van der Waals surface area contributed by atoms with E-state index in [-0.39, 0.29) is 10.8 Å². The lowest BCUT2D eigenvalue weighted by molar-refractivity contribution is -0.122. The molecule has 0 aliphatic heterocycles. The van der Waals surface area contributed by atoms with Crippen LogP contribution in [-0.2, 0) is 21.4 Å². The van der Waals surface area contributed by atoms with Gasteiger partial charge in [-0.2, -0.15) is 0 Å². The van der Waals surface area contributed by atoms with Crippen LogP contribution in [0.3, 0.4) is 0 Å². The fourth-order valence-electron chi connectivity index (χ4n) is 1.93. The summed E-state index contributed by atoms with van der Waals surface area (Å²) >= 11 is 0. The Hall–Kier alpha value is -1.44. The molecule has 7 heteroatoms. The summed E-state index contributed by atoms with van der Waals surface area (Å²) in [6.45, 7) is 4.35. The summed E-state index contributed by atoms with van der Waals surface area (Å²) in [5.74, 6) is 0.162. The Labute approximate surface area is 132 Å². The van der Waals surface area contributed by atoms with E-state index in [2.05, 4.69) is 5.32 Å². The van der Waals surface area contributed by atoms with Gasteiger partial charge in [0.15, 0.2) is 0 Å². The number of nitrogens with two attached hydrogens (primary N) is 1. The number of carbonyl (C=O) groups excluding carboxylic acids is 1. The number of amides is 1. The maximum atomic E-state index is 11.9. The monoisotopic (exact) mass is 327 g/mol. The van der Waals surface area contributed by atoms with E-state index in [0.29, 0.717) is 18.9 Å². The van der Waals surface area contributed by atoms with E-state index in [1.807, 2.05) is 13.8 Å². The summed E-state index contributed by atoms with van der Waals surface area (Å²) in [7, 11) is -0.454. The normalized spacial score (nSPS) is 13.4. The Bertz CT molecular complexity index is 595. The van der Waals surface area contributed by atoms with Crippen molar-refractivity contribution in [2.45, 2.75) is 37.8 Å². The van der Waals surface area contributed by atoms with Gasteiger partial charge in [-0.05, 0) is 30.0 Å². The molecule has 0 heterocycles. The highest BCUT2D eigenvalue weighted by Gasteiger charge is 2.17. The van der Waals surface area contributed by atoms with Crippen LogP contribution < -0.4 is 11.1 Å². The van der Waals surface area contributed by atoms with Crippen LogP contribution in [0.2, 0.25) is 0 Å². The standard InChI is InChI=1S/C15H25N3O3S/c1-11(2)9-14(16)15(19)17-10-12-5-7-13(8-6-12)22(20,21)18(3)4/h5-8,11,14H,9-10,16H2,1-4H3,(H,17,19)/t14-/m0/s1. The molecule has 0 spiro atoms.